The van der Waals surface area contributed by atoms with E-state index >= 15 is 0 Å². The maximum atomic E-state index is 12.6. The maximum absolute atomic E-state index is 12.6. The van der Waals surface area contributed by atoms with Crippen molar-refractivity contribution in [2.75, 3.05) is 22.5 Å². The first-order chi connectivity index (χ1) is 13.5. The summed E-state index contributed by atoms with van der Waals surface area (Å²) < 4.78 is 1.01. The minimum Gasteiger partial charge on any atom is -0.376 e. The summed E-state index contributed by atoms with van der Waals surface area (Å²) in [5.74, 6) is -0.515. The van der Waals surface area contributed by atoms with Crippen LogP contribution in [0.3, 0.4) is 0 Å². The van der Waals surface area contributed by atoms with Crippen LogP contribution in [0.1, 0.15) is 15.9 Å². The van der Waals surface area contributed by atoms with Crippen LogP contribution in [0.2, 0.25) is 0 Å². The van der Waals surface area contributed by atoms with Crippen molar-refractivity contribution in [1.29, 1.82) is 0 Å². The first-order valence-corrected chi connectivity index (χ1v) is 9.57. The van der Waals surface area contributed by atoms with E-state index in [0.29, 0.717) is 16.9 Å². The molecule has 0 aliphatic carbocycles. The van der Waals surface area contributed by atoms with Crippen molar-refractivity contribution in [3.8, 4) is 0 Å². The average molecular weight is 438 g/mol. The minimum absolute atomic E-state index is 0.0930. The van der Waals surface area contributed by atoms with Crippen molar-refractivity contribution in [1.82, 2.24) is 0 Å². The van der Waals surface area contributed by atoms with Gasteiger partial charge in [-0.3, -0.25) is 9.59 Å². The van der Waals surface area contributed by atoms with E-state index in [2.05, 4.69) is 31.9 Å². The molecule has 28 heavy (non-hydrogen) atoms. The summed E-state index contributed by atoms with van der Waals surface area (Å²) in [5, 5.41) is 8.72. The van der Waals surface area contributed by atoms with E-state index in [1.54, 1.807) is 24.3 Å². The highest BCUT2D eigenvalue weighted by molar-refractivity contribution is 9.10. The molecule has 0 heterocycles. The summed E-state index contributed by atoms with van der Waals surface area (Å²) in [6.07, 6.45) is 0. The van der Waals surface area contributed by atoms with Crippen LogP contribution in [0, 0.1) is 6.92 Å². The van der Waals surface area contributed by atoms with Crippen molar-refractivity contribution in [2.45, 2.75) is 6.92 Å². The van der Waals surface area contributed by atoms with Crippen LogP contribution in [0.5, 0.6) is 0 Å². The molecule has 3 rings (SSSR count). The molecule has 6 heteroatoms. The maximum Gasteiger partial charge on any atom is 0.257 e. The highest BCUT2D eigenvalue weighted by Gasteiger charge is 2.13. The highest BCUT2D eigenvalue weighted by Crippen LogP contribution is 2.20. The third-order valence-corrected chi connectivity index (χ3v) is 4.98. The summed E-state index contributed by atoms with van der Waals surface area (Å²) in [6, 6.07) is 21.9. The Morgan fingerprint density at radius 1 is 0.857 bits per heavy atom. The number of hydrogen-bond acceptors (Lipinski definition) is 3. The molecule has 0 fully saturated rings. The van der Waals surface area contributed by atoms with Gasteiger partial charge in [0.25, 0.3) is 5.91 Å². The molecule has 142 valence electrons. The van der Waals surface area contributed by atoms with Crippen molar-refractivity contribution in [3.63, 3.8) is 0 Å². The second kappa shape index (κ2) is 9.19. The SMILES string of the molecule is Cc1cc(NCC(=O)Nc2ccccc2C(=O)Nc2ccccc2)ccc1Br. The number of halogens is 1. The molecule has 0 saturated carbocycles. The highest BCUT2D eigenvalue weighted by atomic mass is 79.9. The number of carbonyl (C=O) groups excluding carboxylic acids is 2. The van der Waals surface area contributed by atoms with Crippen molar-refractivity contribution < 1.29 is 9.59 Å². The van der Waals surface area contributed by atoms with Crippen molar-refractivity contribution in [2.24, 2.45) is 0 Å². The number of nitrogens with one attached hydrogen (secondary N) is 3. The Kier molecular flexibility index (Phi) is 6.45. The lowest BCUT2D eigenvalue weighted by atomic mass is 10.1. The summed E-state index contributed by atoms with van der Waals surface area (Å²) >= 11 is 3.45. The fraction of sp³-hybridized carbons (Fsp3) is 0.0909. The zero-order valence-corrected chi connectivity index (χ0v) is 16.9. The van der Waals surface area contributed by atoms with E-state index in [1.807, 2.05) is 55.5 Å². The summed E-state index contributed by atoms with van der Waals surface area (Å²) in [6.45, 7) is 2.08. The molecule has 0 radical (unpaired) electrons. The third-order valence-electron chi connectivity index (χ3n) is 4.09. The van der Waals surface area contributed by atoms with Crippen LogP contribution in [0.4, 0.5) is 17.1 Å². The second-order valence-electron chi connectivity index (χ2n) is 6.23. The minimum atomic E-state index is -0.279. The second-order valence-corrected chi connectivity index (χ2v) is 7.09. The van der Waals surface area contributed by atoms with Crippen LogP contribution in [0.25, 0.3) is 0 Å². The van der Waals surface area contributed by atoms with E-state index in [-0.39, 0.29) is 18.4 Å². The van der Waals surface area contributed by atoms with Crippen LogP contribution < -0.4 is 16.0 Å². The molecule has 0 saturated heterocycles. The zero-order valence-electron chi connectivity index (χ0n) is 15.3. The largest absolute Gasteiger partial charge is 0.376 e. The lowest BCUT2D eigenvalue weighted by Crippen LogP contribution is -2.24. The van der Waals surface area contributed by atoms with E-state index in [4.69, 9.17) is 0 Å². The molecule has 0 atom stereocenters. The normalized spacial score (nSPS) is 10.2. The van der Waals surface area contributed by atoms with Gasteiger partial charge in [0.2, 0.25) is 5.91 Å². The van der Waals surface area contributed by atoms with Crippen LogP contribution in [-0.2, 0) is 4.79 Å². The number of para-hydroxylation sites is 2. The molecular weight excluding hydrogens is 418 g/mol. The summed E-state index contributed by atoms with van der Waals surface area (Å²) in [7, 11) is 0. The van der Waals surface area contributed by atoms with Gasteiger partial charge in [-0.1, -0.05) is 46.3 Å². The van der Waals surface area contributed by atoms with Gasteiger partial charge in [0, 0.05) is 15.8 Å². The van der Waals surface area contributed by atoms with E-state index in [1.165, 1.54) is 0 Å². The first kappa shape index (κ1) is 19.6. The molecule has 0 spiro atoms. The monoisotopic (exact) mass is 437 g/mol. The Hall–Kier alpha value is -3.12. The number of amides is 2. The fourth-order valence-electron chi connectivity index (χ4n) is 2.64. The van der Waals surface area contributed by atoms with Gasteiger partial charge >= 0.3 is 0 Å². The molecule has 0 unspecified atom stereocenters. The third kappa shape index (κ3) is 5.20. The van der Waals surface area contributed by atoms with Gasteiger partial charge < -0.3 is 16.0 Å². The Morgan fingerprint density at radius 2 is 1.57 bits per heavy atom. The predicted molar refractivity (Wildman–Crippen MR) is 117 cm³/mol. The Labute approximate surface area is 172 Å². The van der Waals surface area contributed by atoms with Gasteiger partial charge in [0.05, 0.1) is 17.8 Å². The molecule has 2 amide bonds. The van der Waals surface area contributed by atoms with E-state index in [9.17, 15) is 9.59 Å². The van der Waals surface area contributed by atoms with Gasteiger partial charge in [-0.2, -0.15) is 0 Å². The smallest absolute Gasteiger partial charge is 0.257 e. The first-order valence-electron chi connectivity index (χ1n) is 8.78. The number of hydrogen-bond donors (Lipinski definition) is 3. The molecular formula is C22H20BrN3O2. The number of anilines is 3. The summed E-state index contributed by atoms with van der Waals surface area (Å²) in [5.41, 5.74) is 3.49. The molecule has 5 nitrogen and oxygen atoms in total. The molecule has 0 aliphatic heterocycles. The van der Waals surface area contributed by atoms with Crippen LogP contribution >= 0.6 is 15.9 Å². The molecule has 3 aromatic carbocycles. The van der Waals surface area contributed by atoms with E-state index < -0.39 is 0 Å². The lowest BCUT2D eigenvalue weighted by Gasteiger charge is -2.12. The topological polar surface area (TPSA) is 70.2 Å². The van der Waals surface area contributed by atoms with Crippen LogP contribution in [-0.4, -0.2) is 18.4 Å². The molecule has 0 aromatic heterocycles. The Bertz CT molecular complexity index is 990. The number of carbonyl (C=O) groups is 2. The average Bonchev–Trinajstić information content (AvgIpc) is 2.70. The number of aryl methyl sites for hydroxylation is 1. The zero-order chi connectivity index (χ0) is 19.9. The standard InChI is InChI=1S/C22H20BrN3O2/c1-15-13-17(11-12-19(15)23)24-14-21(27)26-20-10-6-5-9-18(20)22(28)25-16-7-3-2-4-8-16/h2-13,24H,14H2,1H3,(H,25,28)(H,26,27). The molecule has 3 aromatic rings. The summed E-state index contributed by atoms with van der Waals surface area (Å²) in [4.78, 5) is 24.9. The van der Waals surface area contributed by atoms with Crippen molar-refractivity contribution in [3.05, 3.63) is 88.4 Å². The Balaban J connectivity index is 1.64. The van der Waals surface area contributed by atoms with Gasteiger partial charge in [-0.25, -0.2) is 0 Å². The van der Waals surface area contributed by atoms with Gasteiger partial charge in [-0.15, -0.1) is 0 Å². The van der Waals surface area contributed by atoms with Crippen molar-refractivity contribution >= 4 is 44.8 Å². The fourth-order valence-corrected chi connectivity index (χ4v) is 2.89. The van der Waals surface area contributed by atoms with Crippen LogP contribution in [0.15, 0.2) is 77.3 Å². The Morgan fingerprint density at radius 3 is 2.32 bits per heavy atom. The lowest BCUT2D eigenvalue weighted by molar-refractivity contribution is -0.114. The van der Waals surface area contributed by atoms with Gasteiger partial charge in [0.1, 0.15) is 0 Å². The predicted octanol–water partition coefficient (Wildman–Crippen LogP) is 5.06. The molecule has 0 aliphatic rings. The quantitative estimate of drug-likeness (QED) is 0.504. The number of benzene rings is 3. The number of rotatable bonds is 6. The van der Waals surface area contributed by atoms with E-state index in [0.717, 1.165) is 15.7 Å². The van der Waals surface area contributed by atoms with Gasteiger partial charge in [-0.05, 0) is 55.0 Å². The van der Waals surface area contributed by atoms with Gasteiger partial charge in [0.15, 0.2) is 0 Å². The molecule has 3 N–H and O–H groups in total. The molecule has 0 bridgehead atoms.